The van der Waals surface area contributed by atoms with Crippen molar-refractivity contribution in [3.05, 3.63) is 57.4 Å². The van der Waals surface area contributed by atoms with Crippen LogP contribution in [0.15, 0.2) is 29.8 Å². The van der Waals surface area contributed by atoms with E-state index in [1.54, 1.807) is 10.8 Å². The summed E-state index contributed by atoms with van der Waals surface area (Å²) >= 11 is 6.49. The van der Waals surface area contributed by atoms with Gasteiger partial charge in [-0.15, -0.1) is 0 Å². The zero-order valence-corrected chi connectivity index (χ0v) is 15.3. The Balaban J connectivity index is 1.70. The molecule has 1 aliphatic carbocycles. The SMILES string of the molecule is Cc1nn([C@@H]2CCS(=O)(=O)C2)c(Cl)c1/C=C1\Cc2ccccc2C1=O. The van der Waals surface area contributed by atoms with Crippen molar-refractivity contribution in [2.45, 2.75) is 25.8 Å². The van der Waals surface area contributed by atoms with Gasteiger partial charge in [0.1, 0.15) is 5.15 Å². The highest BCUT2D eigenvalue weighted by Gasteiger charge is 2.32. The van der Waals surface area contributed by atoms with Crippen LogP contribution < -0.4 is 0 Å². The monoisotopic (exact) mass is 376 g/mol. The van der Waals surface area contributed by atoms with Crippen LogP contribution in [-0.4, -0.2) is 35.5 Å². The Morgan fingerprint density at radius 3 is 2.76 bits per heavy atom. The molecule has 4 rings (SSSR count). The fraction of sp³-hybridized carbons (Fsp3) is 0.333. The second-order valence-corrected chi connectivity index (χ2v) is 9.21. The third-order valence-electron chi connectivity index (χ3n) is 4.88. The molecule has 0 saturated carbocycles. The zero-order chi connectivity index (χ0) is 17.8. The van der Waals surface area contributed by atoms with Gasteiger partial charge in [0.25, 0.3) is 0 Å². The molecule has 2 aromatic rings. The molecule has 1 aromatic heterocycles. The molecule has 1 aliphatic heterocycles. The Hall–Kier alpha value is -1.92. The van der Waals surface area contributed by atoms with E-state index in [-0.39, 0.29) is 23.3 Å². The fourth-order valence-corrected chi connectivity index (χ4v) is 5.61. The summed E-state index contributed by atoms with van der Waals surface area (Å²) < 4.78 is 25.0. The highest BCUT2D eigenvalue weighted by atomic mass is 35.5. The second-order valence-electron chi connectivity index (χ2n) is 6.62. The Bertz CT molecular complexity index is 1020. The largest absolute Gasteiger partial charge is 0.289 e. The number of ketones is 1. The van der Waals surface area contributed by atoms with Gasteiger partial charge in [-0.2, -0.15) is 5.10 Å². The van der Waals surface area contributed by atoms with Crippen LogP contribution in [-0.2, 0) is 16.3 Å². The van der Waals surface area contributed by atoms with E-state index in [0.717, 1.165) is 11.1 Å². The predicted octanol–water partition coefficient (Wildman–Crippen LogP) is 3.03. The van der Waals surface area contributed by atoms with Crippen LogP contribution in [0.3, 0.4) is 0 Å². The molecule has 2 heterocycles. The van der Waals surface area contributed by atoms with Crippen molar-refractivity contribution in [2.75, 3.05) is 11.5 Å². The number of hydrogen-bond acceptors (Lipinski definition) is 4. The number of aryl methyl sites for hydroxylation is 1. The Kier molecular flexibility index (Phi) is 3.85. The van der Waals surface area contributed by atoms with Gasteiger partial charge >= 0.3 is 0 Å². The van der Waals surface area contributed by atoms with Crippen LogP contribution in [0.2, 0.25) is 5.15 Å². The fourth-order valence-electron chi connectivity index (χ4n) is 3.55. The molecule has 0 N–H and O–H groups in total. The van der Waals surface area contributed by atoms with E-state index in [4.69, 9.17) is 11.6 Å². The van der Waals surface area contributed by atoms with Gasteiger partial charge in [0.2, 0.25) is 0 Å². The number of halogens is 1. The maximum Gasteiger partial charge on any atom is 0.189 e. The standard InChI is InChI=1S/C18H17ClN2O3S/c1-11-16(9-13-8-12-4-2-3-5-15(12)17(13)22)18(19)21(20-11)14-6-7-25(23,24)10-14/h2-5,9,14H,6-8,10H2,1H3/b13-9+/t14-/m1/s1. The topological polar surface area (TPSA) is 69.0 Å². The molecular formula is C18H17ClN2O3S. The van der Waals surface area contributed by atoms with Gasteiger partial charge in [0.05, 0.1) is 23.2 Å². The Morgan fingerprint density at radius 2 is 2.08 bits per heavy atom. The van der Waals surface area contributed by atoms with E-state index in [9.17, 15) is 13.2 Å². The maximum atomic E-state index is 12.6. The third kappa shape index (κ3) is 2.83. The van der Waals surface area contributed by atoms with Crippen molar-refractivity contribution in [1.82, 2.24) is 9.78 Å². The van der Waals surface area contributed by atoms with E-state index in [1.807, 2.05) is 31.2 Å². The van der Waals surface area contributed by atoms with Crippen molar-refractivity contribution in [1.29, 1.82) is 0 Å². The van der Waals surface area contributed by atoms with Gasteiger partial charge in [-0.3, -0.25) is 4.79 Å². The number of sulfone groups is 1. The first-order chi connectivity index (χ1) is 11.9. The number of allylic oxidation sites excluding steroid dienone is 1. The molecule has 1 atom stereocenters. The van der Waals surface area contributed by atoms with Crippen LogP contribution >= 0.6 is 11.6 Å². The molecule has 2 aliphatic rings. The summed E-state index contributed by atoms with van der Waals surface area (Å²) in [6.45, 7) is 1.82. The Morgan fingerprint density at radius 1 is 1.32 bits per heavy atom. The number of Topliss-reactive ketones (excluding diaryl/α,β-unsaturated/α-hetero) is 1. The lowest BCUT2D eigenvalue weighted by Crippen LogP contribution is -2.12. The van der Waals surface area contributed by atoms with E-state index < -0.39 is 9.84 Å². The summed E-state index contributed by atoms with van der Waals surface area (Å²) in [7, 11) is -3.02. The zero-order valence-electron chi connectivity index (χ0n) is 13.7. The first kappa shape index (κ1) is 16.5. The third-order valence-corrected chi connectivity index (χ3v) is 7.01. The summed E-state index contributed by atoms with van der Waals surface area (Å²) in [6, 6.07) is 7.33. The van der Waals surface area contributed by atoms with E-state index in [1.165, 1.54) is 0 Å². The van der Waals surface area contributed by atoms with Crippen LogP contribution in [0.1, 0.15) is 39.6 Å². The highest BCUT2D eigenvalue weighted by molar-refractivity contribution is 7.91. The van der Waals surface area contributed by atoms with Crippen molar-refractivity contribution in [3.63, 3.8) is 0 Å². The minimum atomic E-state index is -3.02. The number of benzene rings is 1. The normalized spacial score (nSPS) is 23.4. The quantitative estimate of drug-likeness (QED) is 0.755. The van der Waals surface area contributed by atoms with Gasteiger partial charge in [0.15, 0.2) is 15.6 Å². The van der Waals surface area contributed by atoms with Crippen LogP contribution in [0, 0.1) is 6.92 Å². The molecule has 0 spiro atoms. The summed E-state index contributed by atoms with van der Waals surface area (Å²) in [4.78, 5) is 12.6. The Labute approximate surface area is 151 Å². The molecule has 0 unspecified atom stereocenters. The minimum absolute atomic E-state index is 0.0160. The van der Waals surface area contributed by atoms with Gasteiger partial charge in [-0.1, -0.05) is 35.9 Å². The number of hydrogen-bond donors (Lipinski definition) is 0. The van der Waals surface area contributed by atoms with E-state index >= 15 is 0 Å². The molecule has 0 radical (unpaired) electrons. The summed E-state index contributed by atoms with van der Waals surface area (Å²) in [5.41, 5.74) is 3.83. The van der Waals surface area contributed by atoms with Gasteiger partial charge < -0.3 is 0 Å². The number of fused-ring (bicyclic) bond motifs is 1. The van der Waals surface area contributed by atoms with Gasteiger partial charge in [-0.25, -0.2) is 13.1 Å². The lowest BCUT2D eigenvalue weighted by Gasteiger charge is -2.09. The van der Waals surface area contributed by atoms with Crippen molar-refractivity contribution in [2.24, 2.45) is 0 Å². The predicted molar refractivity (Wildman–Crippen MR) is 96.7 cm³/mol. The number of aromatic nitrogens is 2. The first-order valence-electron chi connectivity index (χ1n) is 8.14. The number of nitrogens with zero attached hydrogens (tertiary/aromatic N) is 2. The molecule has 1 fully saturated rings. The second kappa shape index (κ2) is 5.81. The molecule has 1 aromatic carbocycles. The van der Waals surface area contributed by atoms with Crippen LogP contribution in [0.5, 0.6) is 0 Å². The molecular weight excluding hydrogens is 360 g/mol. The van der Waals surface area contributed by atoms with Crippen LogP contribution in [0.25, 0.3) is 6.08 Å². The summed E-state index contributed by atoms with van der Waals surface area (Å²) in [5.74, 6) is 0.244. The van der Waals surface area contributed by atoms with Crippen molar-refractivity contribution >= 4 is 33.3 Å². The number of carbonyl (C=O) groups is 1. The number of carbonyl (C=O) groups excluding carboxylic acids is 1. The minimum Gasteiger partial charge on any atom is -0.289 e. The number of rotatable bonds is 2. The lowest BCUT2D eigenvalue weighted by molar-refractivity contribution is 0.104. The molecule has 0 bridgehead atoms. The van der Waals surface area contributed by atoms with Crippen LogP contribution in [0.4, 0.5) is 0 Å². The maximum absolute atomic E-state index is 12.6. The summed E-state index contributed by atoms with van der Waals surface area (Å²) in [6.07, 6.45) is 2.89. The highest BCUT2D eigenvalue weighted by Crippen LogP contribution is 2.33. The smallest absolute Gasteiger partial charge is 0.189 e. The average Bonchev–Trinajstić information content (AvgIpc) is 3.18. The molecule has 130 valence electrons. The molecule has 7 heteroatoms. The molecule has 5 nitrogen and oxygen atoms in total. The summed E-state index contributed by atoms with van der Waals surface area (Å²) in [5, 5.41) is 4.84. The van der Waals surface area contributed by atoms with Gasteiger partial charge in [0, 0.05) is 23.1 Å². The lowest BCUT2D eigenvalue weighted by atomic mass is 10.1. The van der Waals surface area contributed by atoms with E-state index in [2.05, 4.69) is 5.10 Å². The van der Waals surface area contributed by atoms with Crippen molar-refractivity contribution < 1.29 is 13.2 Å². The molecule has 0 amide bonds. The average molecular weight is 377 g/mol. The first-order valence-corrected chi connectivity index (χ1v) is 10.3. The van der Waals surface area contributed by atoms with E-state index in [0.29, 0.717) is 34.8 Å². The van der Waals surface area contributed by atoms with Crippen molar-refractivity contribution in [3.8, 4) is 0 Å². The molecule has 1 saturated heterocycles. The molecule has 25 heavy (non-hydrogen) atoms. The van der Waals surface area contributed by atoms with Gasteiger partial charge in [-0.05, 0) is 25.0 Å².